The summed E-state index contributed by atoms with van der Waals surface area (Å²) in [5, 5.41) is 3.67. The minimum Gasteiger partial charge on any atom is -0.351 e. The normalized spacial score (nSPS) is 19.3. The third-order valence-corrected chi connectivity index (χ3v) is 8.94. The molecule has 1 amide bonds. The number of nitrogens with zero attached hydrogens (tertiary/aromatic N) is 2. The van der Waals surface area contributed by atoms with Gasteiger partial charge in [-0.05, 0) is 62.2 Å². The molecule has 0 bridgehead atoms. The van der Waals surface area contributed by atoms with Gasteiger partial charge in [-0.15, -0.1) is 0 Å². The van der Waals surface area contributed by atoms with Crippen LogP contribution in [0.5, 0.6) is 0 Å². The maximum atomic E-state index is 13.8. The van der Waals surface area contributed by atoms with Gasteiger partial charge in [-0.2, -0.15) is 4.31 Å². The second-order valence-electron chi connectivity index (χ2n) is 9.17. The summed E-state index contributed by atoms with van der Waals surface area (Å²) < 4.78 is 39.3. The van der Waals surface area contributed by atoms with Gasteiger partial charge in [0.1, 0.15) is 5.82 Å². The van der Waals surface area contributed by atoms with Crippen molar-refractivity contribution in [2.24, 2.45) is 0 Å². The number of amides is 1. The van der Waals surface area contributed by atoms with Gasteiger partial charge in [0.25, 0.3) is 0 Å². The van der Waals surface area contributed by atoms with E-state index in [1.54, 1.807) is 24.3 Å². The molecule has 1 unspecified atom stereocenters. The molecule has 0 saturated carbocycles. The number of carbonyl (C=O) groups excluding carboxylic acids is 1. The molecule has 2 atom stereocenters. The van der Waals surface area contributed by atoms with Crippen LogP contribution in [0, 0.1) is 5.82 Å². The Hall–Kier alpha value is -1.42. The van der Waals surface area contributed by atoms with Crippen molar-refractivity contribution in [1.82, 2.24) is 14.5 Å². The molecule has 6 nitrogen and oxygen atoms in total. The summed E-state index contributed by atoms with van der Waals surface area (Å²) in [6.07, 6.45) is 1.68. The van der Waals surface area contributed by atoms with Crippen molar-refractivity contribution < 1.29 is 17.6 Å². The van der Waals surface area contributed by atoms with Gasteiger partial charge in [-0.1, -0.05) is 46.9 Å². The maximum Gasteiger partial charge on any atom is 0.230 e. The van der Waals surface area contributed by atoms with Crippen LogP contribution in [0.1, 0.15) is 31.4 Å². The molecule has 192 valence electrons. The van der Waals surface area contributed by atoms with Crippen LogP contribution in [0.3, 0.4) is 0 Å². The van der Waals surface area contributed by atoms with E-state index in [1.165, 1.54) is 22.7 Å². The van der Waals surface area contributed by atoms with Gasteiger partial charge in [0.15, 0.2) is 0 Å². The number of benzene rings is 2. The van der Waals surface area contributed by atoms with Crippen molar-refractivity contribution in [3.63, 3.8) is 0 Å². The molecule has 1 saturated heterocycles. The van der Waals surface area contributed by atoms with Gasteiger partial charge < -0.3 is 10.2 Å². The highest BCUT2D eigenvalue weighted by atomic mass is 35.5. The zero-order valence-electron chi connectivity index (χ0n) is 19.8. The smallest absolute Gasteiger partial charge is 0.230 e. The Kier molecular flexibility index (Phi) is 9.10. The largest absolute Gasteiger partial charge is 0.351 e. The third kappa shape index (κ3) is 6.87. The first-order valence-electron chi connectivity index (χ1n) is 11.2. The summed E-state index contributed by atoms with van der Waals surface area (Å²) in [6, 6.07) is 9.37. The number of hydrogen-bond donors (Lipinski definition) is 1. The fraction of sp³-hybridized carbons (Fsp3) is 0.458. The maximum absolute atomic E-state index is 13.8. The molecular formula is C24H29Cl3FN3O3S. The van der Waals surface area contributed by atoms with E-state index < -0.39 is 21.3 Å². The van der Waals surface area contributed by atoms with E-state index in [4.69, 9.17) is 34.8 Å². The number of halogens is 4. The first-order chi connectivity index (χ1) is 16.3. The fourth-order valence-corrected chi connectivity index (χ4v) is 5.90. The molecule has 0 aliphatic carbocycles. The van der Waals surface area contributed by atoms with E-state index >= 15 is 0 Å². The molecule has 11 heteroatoms. The molecule has 1 aliphatic heterocycles. The zero-order valence-corrected chi connectivity index (χ0v) is 22.9. The molecule has 1 fully saturated rings. The standard InChI is InChI=1S/C24H29Cl3FN3O3S/c1-16-15-30(10-11-31(16)35(3,33)34)9-8-24(2,18-5-7-19(25)21(27)13-18)23(32)29-14-17-4-6-20(26)22(28)12-17/h4-7,12-13,16H,8-11,14-15H2,1-3H3,(H,29,32)/t16-,24?/m0/s1. The summed E-state index contributed by atoms with van der Waals surface area (Å²) in [5.41, 5.74) is 0.327. The molecule has 2 aromatic carbocycles. The Morgan fingerprint density at radius 3 is 2.40 bits per heavy atom. The van der Waals surface area contributed by atoms with Crippen LogP contribution >= 0.6 is 34.8 Å². The SMILES string of the molecule is C[C@H]1CN(CCC(C)(C(=O)NCc2ccc(Cl)c(F)c2)c2ccc(Cl)c(Cl)c2)CCN1S(C)(=O)=O. The topological polar surface area (TPSA) is 69.7 Å². The van der Waals surface area contributed by atoms with Gasteiger partial charge in [-0.3, -0.25) is 4.79 Å². The second-order valence-corrected chi connectivity index (χ2v) is 12.3. The highest BCUT2D eigenvalue weighted by molar-refractivity contribution is 7.88. The summed E-state index contributed by atoms with van der Waals surface area (Å²) >= 11 is 18.1. The summed E-state index contributed by atoms with van der Waals surface area (Å²) in [7, 11) is -3.27. The van der Waals surface area contributed by atoms with Crippen molar-refractivity contribution in [2.75, 3.05) is 32.4 Å². The van der Waals surface area contributed by atoms with Gasteiger partial charge >= 0.3 is 0 Å². The molecule has 0 aromatic heterocycles. The van der Waals surface area contributed by atoms with Gasteiger partial charge in [0.05, 0.1) is 26.7 Å². The predicted octanol–water partition coefficient (Wildman–Crippen LogP) is 4.72. The van der Waals surface area contributed by atoms with Crippen LogP contribution in [0.4, 0.5) is 4.39 Å². The number of hydrogen-bond acceptors (Lipinski definition) is 4. The van der Waals surface area contributed by atoms with E-state index in [0.717, 1.165) is 0 Å². The Balaban J connectivity index is 1.77. The first kappa shape index (κ1) is 28.2. The lowest BCUT2D eigenvalue weighted by Crippen LogP contribution is -2.54. The quantitative estimate of drug-likeness (QED) is 0.504. The van der Waals surface area contributed by atoms with Crippen LogP contribution in [0.25, 0.3) is 0 Å². The lowest BCUT2D eigenvalue weighted by atomic mass is 9.78. The minimum absolute atomic E-state index is 0.0194. The van der Waals surface area contributed by atoms with E-state index in [2.05, 4.69) is 10.2 Å². The molecule has 0 spiro atoms. The number of rotatable bonds is 8. The highest BCUT2D eigenvalue weighted by Crippen LogP contribution is 2.33. The highest BCUT2D eigenvalue weighted by Gasteiger charge is 2.37. The van der Waals surface area contributed by atoms with Crippen LogP contribution < -0.4 is 5.32 Å². The molecule has 2 aromatic rings. The molecule has 0 radical (unpaired) electrons. The van der Waals surface area contributed by atoms with E-state index in [1.807, 2.05) is 13.8 Å². The average Bonchev–Trinajstić information content (AvgIpc) is 2.79. The van der Waals surface area contributed by atoms with E-state index in [-0.39, 0.29) is 23.5 Å². The summed E-state index contributed by atoms with van der Waals surface area (Å²) in [4.78, 5) is 15.7. The number of carbonyl (C=O) groups is 1. The monoisotopic (exact) mass is 563 g/mol. The molecule has 1 N–H and O–H groups in total. The molecular weight excluding hydrogens is 536 g/mol. The van der Waals surface area contributed by atoms with Crippen molar-refractivity contribution in [3.8, 4) is 0 Å². The van der Waals surface area contributed by atoms with Crippen molar-refractivity contribution >= 4 is 50.7 Å². The Morgan fingerprint density at radius 2 is 1.80 bits per heavy atom. The lowest BCUT2D eigenvalue weighted by molar-refractivity contribution is -0.126. The summed E-state index contributed by atoms with van der Waals surface area (Å²) in [5.74, 6) is -0.790. The summed E-state index contributed by atoms with van der Waals surface area (Å²) in [6.45, 7) is 5.95. The van der Waals surface area contributed by atoms with Gasteiger partial charge in [-0.25, -0.2) is 12.8 Å². The average molecular weight is 565 g/mol. The molecule has 1 aliphatic rings. The number of piperazine rings is 1. The number of sulfonamides is 1. The van der Waals surface area contributed by atoms with Crippen molar-refractivity contribution in [2.45, 2.75) is 38.3 Å². The Morgan fingerprint density at radius 1 is 1.11 bits per heavy atom. The van der Waals surface area contributed by atoms with Gasteiger partial charge in [0, 0.05) is 32.2 Å². The van der Waals surface area contributed by atoms with Crippen molar-refractivity contribution in [1.29, 1.82) is 0 Å². The second kappa shape index (κ2) is 11.3. The number of nitrogens with one attached hydrogen (secondary N) is 1. The van der Waals surface area contributed by atoms with Crippen LogP contribution in [0.2, 0.25) is 15.1 Å². The minimum atomic E-state index is -3.27. The predicted molar refractivity (Wildman–Crippen MR) is 139 cm³/mol. The molecule has 3 rings (SSSR count). The Bertz CT molecular complexity index is 1200. The first-order valence-corrected chi connectivity index (χ1v) is 14.2. The Labute approximate surface area is 221 Å². The van der Waals surface area contributed by atoms with Crippen LogP contribution in [-0.4, -0.2) is 62.0 Å². The third-order valence-electron chi connectivity index (χ3n) is 6.50. The van der Waals surface area contributed by atoms with Crippen LogP contribution in [0.15, 0.2) is 36.4 Å². The van der Waals surface area contributed by atoms with Gasteiger partial charge in [0.2, 0.25) is 15.9 Å². The van der Waals surface area contributed by atoms with E-state index in [9.17, 15) is 17.6 Å². The fourth-order valence-electron chi connectivity index (χ4n) is 4.35. The molecule has 35 heavy (non-hydrogen) atoms. The lowest BCUT2D eigenvalue weighted by Gasteiger charge is -2.40. The molecule has 1 heterocycles. The zero-order chi connectivity index (χ0) is 26.0. The van der Waals surface area contributed by atoms with Crippen LogP contribution in [-0.2, 0) is 26.8 Å². The van der Waals surface area contributed by atoms with E-state index in [0.29, 0.717) is 53.8 Å². The van der Waals surface area contributed by atoms with Crippen molar-refractivity contribution in [3.05, 3.63) is 68.4 Å².